The normalized spacial score (nSPS) is 32.5. The molecule has 2 bridgehead atoms. The van der Waals surface area contributed by atoms with Crippen LogP contribution in [0.15, 0.2) is 0 Å². The van der Waals surface area contributed by atoms with Crippen molar-refractivity contribution < 1.29 is 33.3 Å². The van der Waals surface area contributed by atoms with Crippen molar-refractivity contribution in [1.82, 2.24) is 0 Å². The molecule has 0 spiro atoms. The van der Waals surface area contributed by atoms with Gasteiger partial charge in [-0.3, -0.25) is 4.79 Å². The molecule has 0 aromatic carbocycles. The van der Waals surface area contributed by atoms with Crippen LogP contribution in [0.4, 0.5) is 0 Å². The standard InChI is InChI=1S/C11H14N2O6/c1-10-4-17-11(18-5-10,19-6-10)3-7(14)8(13-12)9(15)16-2/h3-6H2,1-2H3. The summed E-state index contributed by atoms with van der Waals surface area (Å²) in [4.78, 5) is 25.7. The Morgan fingerprint density at radius 1 is 1.26 bits per heavy atom. The number of carbonyl (C=O) groups is 2. The van der Waals surface area contributed by atoms with Crippen molar-refractivity contribution in [3.8, 4) is 0 Å². The van der Waals surface area contributed by atoms with E-state index in [1.54, 1.807) is 0 Å². The Bertz CT molecular complexity index is 443. The fourth-order valence-electron chi connectivity index (χ4n) is 1.84. The quantitative estimate of drug-likeness (QED) is 0.224. The first-order valence-corrected chi connectivity index (χ1v) is 5.69. The van der Waals surface area contributed by atoms with E-state index >= 15 is 0 Å². The number of esters is 1. The van der Waals surface area contributed by atoms with Crippen molar-refractivity contribution in [3.05, 3.63) is 5.53 Å². The number of methoxy groups -OCH3 is 1. The predicted molar refractivity (Wildman–Crippen MR) is 59.0 cm³/mol. The van der Waals surface area contributed by atoms with E-state index in [1.165, 1.54) is 0 Å². The number of carbonyl (C=O) groups excluding carboxylic acids is 2. The molecule has 0 atom stereocenters. The van der Waals surface area contributed by atoms with Crippen molar-refractivity contribution in [2.75, 3.05) is 26.9 Å². The zero-order chi connectivity index (χ0) is 14.1. The third-order valence-corrected chi connectivity index (χ3v) is 3.04. The van der Waals surface area contributed by atoms with Gasteiger partial charge in [0, 0.05) is 5.41 Å². The minimum absolute atomic E-state index is 0.221. The Labute approximate surface area is 109 Å². The van der Waals surface area contributed by atoms with Gasteiger partial charge in [-0.15, -0.1) is 0 Å². The number of nitrogens with zero attached hydrogens (tertiary/aromatic N) is 2. The molecule has 0 unspecified atom stereocenters. The molecule has 0 N–H and O–H groups in total. The minimum atomic E-state index is -1.50. The highest BCUT2D eigenvalue weighted by atomic mass is 16.9. The summed E-state index contributed by atoms with van der Waals surface area (Å²) in [5.41, 5.74) is 7.74. The summed E-state index contributed by atoms with van der Waals surface area (Å²) >= 11 is 0. The van der Waals surface area contributed by atoms with E-state index in [2.05, 4.69) is 9.53 Å². The molecule has 19 heavy (non-hydrogen) atoms. The first-order chi connectivity index (χ1) is 8.94. The molecule has 3 rings (SSSR count). The Kier molecular flexibility index (Phi) is 3.51. The molecule has 3 saturated heterocycles. The highest BCUT2D eigenvalue weighted by Crippen LogP contribution is 2.39. The maximum Gasteiger partial charge on any atom is 0.441 e. The molecule has 0 saturated carbocycles. The molecule has 0 aromatic heterocycles. The van der Waals surface area contributed by atoms with E-state index in [9.17, 15) is 9.59 Å². The summed E-state index contributed by atoms with van der Waals surface area (Å²) in [5, 5.41) is 0. The van der Waals surface area contributed by atoms with Crippen molar-refractivity contribution in [2.45, 2.75) is 19.3 Å². The van der Waals surface area contributed by atoms with Gasteiger partial charge in [-0.05, 0) is 0 Å². The van der Waals surface area contributed by atoms with Gasteiger partial charge in [0.25, 0.3) is 11.8 Å². The van der Waals surface area contributed by atoms with Gasteiger partial charge in [0.1, 0.15) is 6.42 Å². The molecule has 0 aromatic rings. The molecule has 104 valence electrons. The number of hydrogen-bond donors (Lipinski definition) is 0. The van der Waals surface area contributed by atoms with Crippen LogP contribution in [-0.4, -0.2) is 55.2 Å². The maximum atomic E-state index is 11.9. The number of ether oxygens (including phenoxy) is 4. The SMILES string of the molecule is COC(=O)C(=[N+]=[N-])C(=O)CC12OCC(C)(CO1)CO2. The summed E-state index contributed by atoms with van der Waals surface area (Å²) in [6.07, 6.45) is -0.377. The second kappa shape index (κ2) is 4.82. The highest BCUT2D eigenvalue weighted by molar-refractivity contribution is 6.62. The van der Waals surface area contributed by atoms with E-state index in [-0.39, 0.29) is 11.8 Å². The van der Waals surface area contributed by atoms with Crippen LogP contribution < -0.4 is 0 Å². The van der Waals surface area contributed by atoms with Crippen LogP contribution in [-0.2, 0) is 28.5 Å². The summed E-state index contributed by atoms with van der Waals surface area (Å²) in [6, 6.07) is 0. The zero-order valence-electron chi connectivity index (χ0n) is 10.7. The van der Waals surface area contributed by atoms with Crippen LogP contribution in [0.1, 0.15) is 13.3 Å². The largest absolute Gasteiger partial charge is 0.460 e. The van der Waals surface area contributed by atoms with Gasteiger partial charge < -0.3 is 24.5 Å². The van der Waals surface area contributed by atoms with Gasteiger partial charge in [0.15, 0.2) is 0 Å². The fourth-order valence-corrected chi connectivity index (χ4v) is 1.84. The van der Waals surface area contributed by atoms with E-state index in [0.717, 1.165) is 7.11 Å². The van der Waals surface area contributed by atoms with Crippen molar-refractivity contribution >= 4 is 17.5 Å². The molecular weight excluding hydrogens is 256 g/mol. The molecular formula is C11H14N2O6. The smallest absolute Gasteiger partial charge is 0.441 e. The Morgan fingerprint density at radius 2 is 1.79 bits per heavy atom. The number of hydrogen-bond acceptors (Lipinski definition) is 6. The molecule has 3 aliphatic rings. The molecule has 8 heteroatoms. The van der Waals surface area contributed by atoms with Gasteiger partial charge in [-0.1, -0.05) is 6.92 Å². The van der Waals surface area contributed by atoms with Crippen LogP contribution >= 0.6 is 0 Å². The molecule has 3 heterocycles. The predicted octanol–water partition coefficient (Wildman–Crippen LogP) is -0.473. The average molecular weight is 270 g/mol. The van der Waals surface area contributed by atoms with E-state index in [1.807, 2.05) is 6.92 Å². The lowest BCUT2D eigenvalue weighted by atomic mass is 9.91. The van der Waals surface area contributed by atoms with Crippen molar-refractivity contribution in [3.63, 3.8) is 0 Å². The summed E-state index contributed by atoms with van der Waals surface area (Å²) in [6.45, 7) is 3.12. The van der Waals surface area contributed by atoms with Gasteiger partial charge in [-0.2, -0.15) is 4.79 Å². The van der Waals surface area contributed by atoms with Crippen molar-refractivity contribution in [2.24, 2.45) is 5.41 Å². The first kappa shape index (κ1) is 13.8. The second-order valence-electron chi connectivity index (χ2n) is 4.90. The van der Waals surface area contributed by atoms with E-state index in [0.29, 0.717) is 19.8 Å². The fraction of sp³-hybridized carbons (Fsp3) is 0.727. The van der Waals surface area contributed by atoms with Gasteiger partial charge in [-0.25, -0.2) is 4.79 Å². The number of Topliss-reactive ketones (excluding diaryl/α,β-unsaturated/α-hetero) is 1. The van der Waals surface area contributed by atoms with Crippen LogP contribution in [0, 0.1) is 5.41 Å². The van der Waals surface area contributed by atoms with Crippen LogP contribution in [0.25, 0.3) is 5.53 Å². The summed E-state index contributed by atoms with van der Waals surface area (Å²) in [5.74, 6) is -3.31. The number of ketones is 1. The Balaban J connectivity index is 2.07. The molecule has 0 aliphatic carbocycles. The minimum Gasteiger partial charge on any atom is -0.460 e. The van der Waals surface area contributed by atoms with E-state index in [4.69, 9.17) is 19.7 Å². The monoisotopic (exact) mass is 270 g/mol. The second-order valence-corrected chi connectivity index (χ2v) is 4.90. The lowest BCUT2D eigenvalue weighted by molar-refractivity contribution is -0.463. The van der Waals surface area contributed by atoms with Crippen molar-refractivity contribution in [1.29, 1.82) is 0 Å². The highest BCUT2D eigenvalue weighted by Gasteiger charge is 2.53. The third kappa shape index (κ3) is 2.57. The van der Waals surface area contributed by atoms with Gasteiger partial charge in [0.05, 0.1) is 26.9 Å². The average Bonchev–Trinajstić information content (AvgIpc) is 2.41. The lowest BCUT2D eigenvalue weighted by Crippen LogP contribution is -2.60. The Hall–Kier alpha value is -1.60. The topological polar surface area (TPSA) is 107 Å². The first-order valence-electron chi connectivity index (χ1n) is 5.69. The van der Waals surface area contributed by atoms with Gasteiger partial charge in [0.2, 0.25) is 0 Å². The molecule has 3 fully saturated rings. The van der Waals surface area contributed by atoms with Crippen LogP contribution in [0.2, 0.25) is 0 Å². The summed E-state index contributed by atoms with van der Waals surface area (Å²) < 4.78 is 20.5. The van der Waals surface area contributed by atoms with Crippen LogP contribution in [0.3, 0.4) is 0 Å². The zero-order valence-corrected chi connectivity index (χ0v) is 10.7. The molecule has 3 aliphatic heterocycles. The third-order valence-electron chi connectivity index (χ3n) is 3.04. The Morgan fingerprint density at radius 3 is 2.21 bits per heavy atom. The maximum absolute atomic E-state index is 11.9. The van der Waals surface area contributed by atoms with Gasteiger partial charge >= 0.3 is 11.7 Å². The lowest BCUT2D eigenvalue weighted by Gasteiger charge is -2.49. The summed E-state index contributed by atoms with van der Waals surface area (Å²) in [7, 11) is 1.08. The van der Waals surface area contributed by atoms with E-state index < -0.39 is 23.4 Å². The number of fused-ring (bicyclic) bond motifs is 3. The number of rotatable bonds is 4. The molecule has 0 radical (unpaired) electrons. The molecule has 8 nitrogen and oxygen atoms in total. The molecule has 0 amide bonds. The van der Waals surface area contributed by atoms with Crippen LogP contribution in [0.5, 0.6) is 0 Å².